The number of ether oxygens (including phenoxy) is 1. The number of benzene rings is 1. The average molecular weight is 566 g/mol. The predicted octanol–water partition coefficient (Wildman–Crippen LogP) is 3.66. The second kappa shape index (κ2) is 10.9. The maximum absolute atomic E-state index is 14.9. The van der Waals surface area contributed by atoms with Gasteiger partial charge < -0.3 is 25.0 Å². The molecule has 1 unspecified atom stereocenters. The van der Waals surface area contributed by atoms with Crippen LogP contribution in [0.25, 0.3) is 0 Å². The quantitative estimate of drug-likeness (QED) is 0.584. The Balaban J connectivity index is 1.06. The summed E-state index contributed by atoms with van der Waals surface area (Å²) in [6.45, 7) is 8.46. The molecule has 9 nitrogen and oxygen atoms in total. The van der Waals surface area contributed by atoms with E-state index in [9.17, 15) is 19.1 Å². The second-order valence-corrected chi connectivity index (χ2v) is 13.0. The van der Waals surface area contributed by atoms with Crippen LogP contribution in [0, 0.1) is 11.7 Å². The number of rotatable bonds is 4. The van der Waals surface area contributed by atoms with E-state index in [2.05, 4.69) is 33.4 Å². The summed E-state index contributed by atoms with van der Waals surface area (Å²) in [7, 11) is 0. The second-order valence-electron chi connectivity index (χ2n) is 13.0. The number of pyridine rings is 1. The molecule has 3 fully saturated rings. The van der Waals surface area contributed by atoms with E-state index in [0.717, 1.165) is 38.5 Å². The highest BCUT2D eigenvalue weighted by Gasteiger charge is 2.48. The predicted molar refractivity (Wildman–Crippen MR) is 152 cm³/mol. The Kier molecular flexibility index (Phi) is 7.40. The van der Waals surface area contributed by atoms with E-state index in [1.807, 2.05) is 26.8 Å². The van der Waals surface area contributed by atoms with Crippen LogP contribution in [0.4, 0.5) is 15.0 Å². The molecule has 1 aliphatic carbocycles. The highest BCUT2D eigenvalue weighted by atomic mass is 19.1. The molecular formula is C31H40FN5O4. The Morgan fingerprint density at radius 2 is 1.90 bits per heavy atom. The summed E-state index contributed by atoms with van der Waals surface area (Å²) in [6, 6.07) is 10.0. The van der Waals surface area contributed by atoms with Crippen LogP contribution in [0.15, 0.2) is 36.5 Å². The first-order chi connectivity index (χ1) is 19.6. The van der Waals surface area contributed by atoms with Gasteiger partial charge in [0.15, 0.2) is 5.82 Å². The van der Waals surface area contributed by atoms with Crippen LogP contribution >= 0.6 is 0 Å². The van der Waals surface area contributed by atoms with Crippen LogP contribution in [-0.4, -0.2) is 92.8 Å². The maximum atomic E-state index is 14.9. The number of piperidine rings is 2. The lowest BCUT2D eigenvalue weighted by Crippen LogP contribution is -2.56. The van der Waals surface area contributed by atoms with Gasteiger partial charge in [-0.25, -0.2) is 14.2 Å². The Morgan fingerprint density at radius 1 is 1.12 bits per heavy atom. The van der Waals surface area contributed by atoms with Crippen molar-refractivity contribution in [3.63, 3.8) is 0 Å². The third-order valence-corrected chi connectivity index (χ3v) is 9.05. The molecule has 10 heteroatoms. The fraction of sp³-hybridized carbons (Fsp3) is 0.581. The molecule has 4 aliphatic rings. The van der Waals surface area contributed by atoms with Crippen molar-refractivity contribution < 1.29 is 23.8 Å². The molecule has 220 valence electrons. The van der Waals surface area contributed by atoms with Crippen molar-refractivity contribution in [3.8, 4) is 0 Å². The highest BCUT2D eigenvalue weighted by molar-refractivity contribution is 5.95. The van der Waals surface area contributed by atoms with Gasteiger partial charge in [-0.2, -0.15) is 0 Å². The van der Waals surface area contributed by atoms with E-state index in [4.69, 9.17) is 4.74 Å². The number of aromatic nitrogens is 1. The smallest absolute Gasteiger partial charge is 0.410 e. The van der Waals surface area contributed by atoms with Crippen LogP contribution < -0.4 is 5.32 Å². The molecule has 1 aromatic carbocycles. The Hall–Kier alpha value is -3.24. The summed E-state index contributed by atoms with van der Waals surface area (Å²) in [6.07, 6.45) is 3.29. The number of anilines is 1. The third kappa shape index (κ3) is 5.77. The topological polar surface area (TPSA) is 98.2 Å². The number of carbonyl (C=O) groups excluding carboxylic acids is 2. The third-order valence-electron chi connectivity index (χ3n) is 9.05. The molecule has 4 heterocycles. The van der Waals surface area contributed by atoms with Gasteiger partial charge in [0.25, 0.3) is 5.91 Å². The first-order valence-corrected chi connectivity index (χ1v) is 14.8. The van der Waals surface area contributed by atoms with E-state index in [1.165, 1.54) is 17.2 Å². The van der Waals surface area contributed by atoms with Crippen molar-refractivity contribution in [1.29, 1.82) is 0 Å². The molecule has 6 rings (SSSR count). The number of aliphatic hydroxyl groups is 1. The minimum absolute atomic E-state index is 0.0371. The SMILES string of the molecule is CC(C)(C)OC(=O)N1C[C@@H]2C[C@H]1CC2Nc1cc(C(=O)N2CC[C@H](N3CCc4ccccc4C3)[C@@H](O)C2)c(F)cn1. The first kappa shape index (κ1) is 27.9. The number of carbonyl (C=O) groups is 2. The molecule has 41 heavy (non-hydrogen) atoms. The van der Waals surface area contributed by atoms with Crippen LogP contribution in [0.5, 0.6) is 0 Å². The summed E-state index contributed by atoms with van der Waals surface area (Å²) in [4.78, 5) is 35.9. The van der Waals surface area contributed by atoms with Crippen molar-refractivity contribution >= 4 is 17.8 Å². The number of likely N-dealkylation sites (tertiary alicyclic amines) is 2. The molecule has 0 spiro atoms. The number of hydrogen-bond donors (Lipinski definition) is 2. The van der Waals surface area contributed by atoms with Gasteiger partial charge in [0.1, 0.15) is 11.4 Å². The molecule has 2 saturated heterocycles. The zero-order valence-electron chi connectivity index (χ0n) is 24.1. The molecule has 2 bridgehead atoms. The van der Waals surface area contributed by atoms with E-state index in [1.54, 1.807) is 9.80 Å². The molecular weight excluding hydrogens is 525 g/mol. The van der Waals surface area contributed by atoms with Crippen LogP contribution in [-0.2, 0) is 17.7 Å². The molecule has 2 aromatic rings. The van der Waals surface area contributed by atoms with E-state index in [-0.39, 0.29) is 42.2 Å². The van der Waals surface area contributed by atoms with Crippen LogP contribution in [0.1, 0.15) is 61.5 Å². The number of aliphatic hydroxyl groups excluding tert-OH is 1. The van der Waals surface area contributed by atoms with Crippen molar-refractivity contribution in [2.45, 2.75) is 82.8 Å². The van der Waals surface area contributed by atoms with E-state index < -0.39 is 23.4 Å². The van der Waals surface area contributed by atoms with Gasteiger partial charge in [-0.1, -0.05) is 24.3 Å². The fourth-order valence-electron chi connectivity index (χ4n) is 7.05. The molecule has 1 aromatic heterocycles. The van der Waals surface area contributed by atoms with Crippen molar-refractivity contribution in [1.82, 2.24) is 19.7 Å². The van der Waals surface area contributed by atoms with Crippen LogP contribution in [0.2, 0.25) is 0 Å². The van der Waals surface area contributed by atoms with E-state index >= 15 is 0 Å². The fourth-order valence-corrected chi connectivity index (χ4v) is 7.05. The van der Waals surface area contributed by atoms with Gasteiger partial charge in [-0.05, 0) is 69.6 Å². The number of fused-ring (bicyclic) bond motifs is 3. The Morgan fingerprint density at radius 3 is 2.61 bits per heavy atom. The normalized spacial score (nSPS) is 28.0. The first-order valence-electron chi connectivity index (χ1n) is 14.8. The van der Waals surface area contributed by atoms with Gasteiger partial charge in [0.05, 0.1) is 17.9 Å². The van der Waals surface area contributed by atoms with E-state index in [0.29, 0.717) is 25.3 Å². The van der Waals surface area contributed by atoms with Crippen LogP contribution in [0.3, 0.4) is 0 Å². The standard InChI is InChI=1S/C31H40FN5O4/c1-31(2,3)41-30(40)37-17-21-12-22(37)13-25(21)34-28-14-23(24(32)15-33-28)29(39)36-11-9-26(27(38)18-36)35-10-8-19-6-4-5-7-20(19)16-35/h4-7,14-15,21-22,25-27,38H,8-13,16-18H2,1-3H3,(H,33,34)/t21-,22-,25?,26-,27-/m0/s1. The number of β-amino-alcohol motifs (C(OH)–C–C–N with tert-alkyl or cyclic N) is 1. The lowest BCUT2D eigenvalue weighted by molar-refractivity contribution is -0.0138. The molecule has 2 amide bonds. The van der Waals surface area contributed by atoms with Gasteiger partial charge in [0.2, 0.25) is 0 Å². The molecule has 5 atom stereocenters. The number of amides is 2. The number of halogens is 1. The average Bonchev–Trinajstić information content (AvgIpc) is 3.53. The number of nitrogens with zero attached hydrogens (tertiary/aromatic N) is 4. The number of hydrogen-bond acceptors (Lipinski definition) is 7. The Bertz CT molecular complexity index is 1320. The summed E-state index contributed by atoms with van der Waals surface area (Å²) in [5.41, 5.74) is 2.06. The summed E-state index contributed by atoms with van der Waals surface area (Å²) >= 11 is 0. The molecule has 2 N–H and O–H groups in total. The molecule has 3 aliphatic heterocycles. The van der Waals surface area contributed by atoms with Gasteiger partial charge in [-0.15, -0.1) is 0 Å². The Labute approximate surface area is 240 Å². The molecule has 0 radical (unpaired) electrons. The zero-order chi connectivity index (χ0) is 28.9. The lowest BCUT2D eigenvalue weighted by Gasteiger charge is -2.43. The van der Waals surface area contributed by atoms with Crippen molar-refractivity contribution in [2.75, 3.05) is 31.5 Å². The molecule has 1 saturated carbocycles. The minimum Gasteiger partial charge on any atom is -0.444 e. The number of nitrogens with one attached hydrogen (secondary N) is 1. The maximum Gasteiger partial charge on any atom is 0.410 e. The largest absolute Gasteiger partial charge is 0.444 e. The summed E-state index contributed by atoms with van der Waals surface area (Å²) < 4.78 is 20.4. The summed E-state index contributed by atoms with van der Waals surface area (Å²) in [5, 5.41) is 14.4. The minimum atomic E-state index is -0.706. The monoisotopic (exact) mass is 565 g/mol. The summed E-state index contributed by atoms with van der Waals surface area (Å²) in [5.74, 6) is -0.430. The highest BCUT2D eigenvalue weighted by Crippen LogP contribution is 2.40. The van der Waals surface area contributed by atoms with Gasteiger partial charge >= 0.3 is 6.09 Å². The van der Waals surface area contributed by atoms with Gasteiger partial charge in [0, 0.05) is 50.8 Å². The lowest BCUT2D eigenvalue weighted by atomic mass is 9.94. The van der Waals surface area contributed by atoms with Crippen molar-refractivity contribution in [3.05, 3.63) is 59.0 Å². The van der Waals surface area contributed by atoms with Crippen molar-refractivity contribution in [2.24, 2.45) is 5.92 Å². The zero-order valence-corrected chi connectivity index (χ0v) is 24.1. The van der Waals surface area contributed by atoms with Gasteiger partial charge in [-0.3, -0.25) is 9.69 Å².